The van der Waals surface area contributed by atoms with Gasteiger partial charge in [0.05, 0.1) is 24.4 Å². The third kappa shape index (κ3) is 4.01. The molecule has 0 spiro atoms. The van der Waals surface area contributed by atoms with Crippen molar-refractivity contribution >= 4 is 23.0 Å². The fraction of sp³-hybridized carbons (Fsp3) is 0.407. The standard InChI is InChI=1S/C27H32N4OS/c1-4-32-22-14-12-21(13-15-22)31-26(25(29-27(31)33)24-11-7-8-16-28-24)23-17-18(2)30(19(23)3)20-9-5-6-10-20/h7-8,11-17,20,25-26H,4-6,9-10H2,1-3H3,(H,29,33)/t25-,26+/m1/s1. The molecule has 1 aromatic carbocycles. The Bertz CT molecular complexity index is 1120. The number of nitrogens with one attached hydrogen (secondary N) is 1. The number of benzene rings is 1. The van der Waals surface area contributed by atoms with E-state index in [1.54, 1.807) is 0 Å². The number of aryl methyl sites for hydroxylation is 1. The van der Waals surface area contributed by atoms with Gasteiger partial charge in [-0.1, -0.05) is 18.9 Å². The summed E-state index contributed by atoms with van der Waals surface area (Å²) in [6.07, 6.45) is 7.03. The molecule has 1 saturated carbocycles. The van der Waals surface area contributed by atoms with Crippen molar-refractivity contribution in [2.45, 2.75) is 64.6 Å². The molecule has 1 aliphatic carbocycles. The van der Waals surface area contributed by atoms with E-state index in [0.717, 1.165) is 22.2 Å². The monoisotopic (exact) mass is 460 g/mol. The highest BCUT2D eigenvalue weighted by molar-refractivity contribution is 7.80. The molecule has 1 aliphatic heterocycles. The summed E-state index contributed by atoms with van der Waals surface area (Å²) in [6, 6.07) is 17.3. The minimum Gasteiger partial charge on any atom is -0.494 e. The lowest BCUT2D eigenvalue weighted by atomic mass is 9.96. The lowest BCUT2D eigenvalue weighted by Crippen LogP contribution is -2.29. The van der Waals surface area contributed by atoms with Crippen LogP contribution in [0.2, 0.25) is 0 Å². The van der Waals surface area contributed by atoms with Gasteiger partial charge in [-0.05, 0) is 93.9 Å². The quantitative estimate of drug-likeness (QED) is 0.444. The zero-order chi connectivity index (χ0) is 22.9. The van der Waals surface area contributed by atoms with Crippen LogP contribution in [0, 0.1) is 13.8 Å². The van der Waals surface area contributed by atoms with Gasteiger partial charge in [0.2, 0.25) is 0 Å². The van der Waals surface area contributed by atoms with Gasteiger partial charge >= 0.3 is 0 Å². The molecule has 2 aromatic heterocycles. The molecule has 3 aromatic rings. The molecule has 2 atom stereocenters. The van der Waals surface area contributed by atoms with Gasteiger partial charge in [0.25, 0.3) is 0 Å². The summed E-state index contributed by atoms with van der Waals surface area (Å²) in [5.74, 6) is 0.872. The molecule has 0 unspecified atom stereocenters. The summed E-state index contributed by atoms with van der Waals surface area (Å²) in [5.41, 5.74) is 6.05. The van der Waals surface area contributed by atoms with Crippen LogP contribution in [-0.4, -0.2) is 21.3 Å². The van der Waals surface area contributed by atoms with Gasteiger partial charge in [0, 0.05) is 29.3 Å². The smallest absolute Gasteiger partial charge is 0.174 e. The van der Waals surface area contributed by atoms with E-state index in [2.05, 4.69) is 52.9 Å². The van der Waals surface area contributed by atoms with E-state index in [4.69, 9.17) is 21.9 Å². The van der Waals surface area contributed by atoms with E-state index >= 15 is 0 Å². The molecule has 1 N–H and O–H groups in total. The Morgan fingerprint density at radius 3 is 2.52 bits per heavy atom. The molecule has 0 bridgehead atoms. The van der Waals surface area contributed by atoms with Crippen LogP contribution in [0.25, 0.3) is 0 Å². The number of rotatable bonds is 6. The van der Waals surface area contributed by atoms with Crippen LogP contribution in [-0.2, 0) is 0 Å². The summed E-state index contributed by atoms with van der Waals surface area (Å²) < 4.78 is 8.23. The lowest BCUT2D eigenvalue weighted by Gasteiger charge is -2.28. The van der Waals surface area contributed by atoms with Crippen LogP contribution < -0.4 is 15.0 Å². The van der Waals surface area contributed by atoms with E-state index in [0.29, 0.717) is 12.6 Å². The molecule has 3 heterocycles. The third-order valence-corrected chi connectivity index (χ3v) is 7.37. The van der Waals surface area contributed by atoms with Gasteiger partial charge in [-0.2, -0.15) is 0 Å². The Balaban J connectivity index is 1.60. The zero-order valence-corrected chi connectivity index (χ0v) is 20.4. The highest BCUT2D eigenvalue weighted by atomic mass is 32.1. The first-order chi connectivity index (χ1) is 16.1. The number of ether oxygens (including phenoxy) is 1. The maximum Gasteiger partial charge on any atom is 0.174 e. The third-order valence-electron chi connectivity index (χ3n) is 7.06. The number of aromatic nitrogens is 2. The van der Waals surface area contributed by atoms with Crippen molar-refractivity contribution in [2.75, 3.05) is 11.5 Å². The number of pyridine rings is 1. The first-order valence-electron chi connectivity index (χ1n) is 12.0. The van der Waals surface area contributed by atoms with Crippen molar-refractivity contribution in [3.05, 3.63) is 77.4 Å². The van der Waals surface area contributed by atoms with Gasteiger partial charge in [0.1, 0.15) is 5.75 Å². The first-order valence-corrected chi connectivity index (χ1v) is 12.4. The minimum atomic E-state index is -0.0252. The van der Waals surface area contributed by atoms with E-state index in [-0.39, 0.29) is 12.1 Å². The summed E-state index contributed by atoms with van der Waals surface area (Å²) in [4.78, 5) is 6.95. The van der Waals surface area contributed by atoms with Gasteiger partial charge < -0.3 is 19.5 Å². The minimum absolute atomic E-state index is 0.0201. The van der Waals surface area contributed by atoms with Crippen molar-refractivity contribution in [3.8, 4) is 5.75 Å². The van der Waals surface area contributed by atoms with Crippen LogP contribution in [0.1, 0.15) is 73.4 Å². The first kappa shape index (κ1) is 22.0. The Morgan fingerprint density at radius 1 is 1.09 bits per heavy atom. The fourth-order valence-corrected chi connectivity index (χ4v) is 5.99. The van der Waals surface area contributed by atoms with Crippen LogP contribution in [0.3, 0.4) is 0 Å². The highest BCUT2D eigenvalue weighted by Crippen LogP contribution is 2.45. The summed E-state index contributed by atoms with van der Waals surface area (Å²) >= 11 is 5.90. The van der Waals surface area contributed by atoms with Gasteiger partial charge in [-0.15, -0.1) is 0 Å². The van der Waals surface area contributed by atoms with E-state index in [9.17, 15) is 0 Å². The van der Waals surface area contributed by atoms with E-state index in [1.165, 1.54) is 42.6 Å². The van der Waals surface area contributed by atoms with Crippen LogP contribution in [0.4, 0.5) is 5.69 Å². The largest absolute Gasteiger partial charge is 0.494 e. The lowest BCUT2D eigenvalue weighted by molar-refractivity contribution is 0.340. The summed E-state index contributed by atoms with van der Waals surface area (Å²) in [5, 5.41) is 4.31. The molecule has 0 radical (unpaired) electrons. The number of thiocarbonyl (C=S) groups is 1. The maximum atomic E-state index is 5.90. The molecule has 1 saturated heterocycles. The number of hydrogen-bond donors (Lipinski definition) is 1. The molecule has 33 heavy (non-hydrogen) atoms. The average Bonchev–Trinajstić information content (AvgIpc) is 3.53. The van der Waals surface area contributed by atoms with Crippen LogP contribution in [0.15, 0.2) is 54.7 Å². The molecular weight excluding hydrogens is 428 g/mol. The summed E-state index contributed by atoms with van der Waals surface area (Å²) in [6.45, 7) is 7.17. The second kappa shape index (κ2) is 9.18. The SMILES string of the molecule is CCOc1ccc(N2C(=S)N[C@H](c3ccccn3)[C@@H]2c2cc(C)n(C3CCCC3)c2C)cc1. The maximum absolute atomic E-state index is 5.90. The van der Waals surface area contributed by atoms with Crippen molar-refractivity contribution in [3.63, 3.8) is 0 Å². The van der Waals surface area contributed by atoms with Crippen molar-refractivity contribution in [1.82, 2.24) is 14.9 Å². The average molecular weight is 461 g/mol. The number of anilines is 1. The Kier molecular flexibility index (Phi) is 6.11. The molecule has 5 nitrogen and oxygen atoms in total. The zero-order valence-electron chi connectivity index (χ0n) is 19.6. The molecule has 0 amide bonds. The van der Waals surface area contributed by atoms with Crippen molar-refractivity contribution in [1.29, 1.82) is 0 Å². The Labute approximate surface area is 201 Å². The van der Waals surface area contributed by atoms with Gasteiger partial charge in [0.15, 0.2) is 5.11 Å². The number of nitrogens with zero attached hydrogens (tertiary/aromatic N) is 3. The van der Waals surface area contributed by atoms with E-state index < -0.39 is 0 Å². The molecular formula is C27H32N4OS. The molecule has 5 rings (SSSR count). The summed E-state index contributed by atoms with van der Waals surface area (Å²) in [7, 11) is 0. The second-order valence-corrected chi connectivity index (χ2v) is 9.44. The fourth-order valence-electron chi connectivity index (χ4n) is 5.65. The van der Waals surface area contributed by atoms with E-state index in [1.807, 2.05) is 37.4 Å². The van der Waals surface area contributed by atoms with Crippen molar-refractivity contribution in [2.24, 2.45) is 0 Å². The van der Waals surface area contributed by atoms with Crippen LogP contribution >= 0.6 is 12.2 Å². The number of hydrogen-bond acceptors (Lipinski definition) is 3. The molecule has 172 valence electrons. The predicted molar refractivity (Wildman–Crippen MR) is 137 cm³/mol. The van der Waals surface area contributed by atoms with Crippen LogP contribution in [0.5, 0.6) is 5.75 Å². The Morgan fingerprint density at radius 2 is 1.85 bits per heavy atom. The molecule has 2 aliphatic rings. The molecule has 6 heteroatoms. The topological polar surface area (TPSA) is 42.3 Å². The normalized spacial score (nSPS) is 20.9. The Hall–Kier alpha value is -2.86. The predicted octanol–water partition coefficient (Wildman–Crippen LogP) is 6.19. The van der Waals surface area contributed by atoms with Crippen molar-refractivity contribution < 1.29 is 4.74 Å². The van der Waals surface area contributed by atoms with Gasteiger partial charge in [-0.3, -0.25) is 4.98 Å². The highest BCUT2D eigenvalue weighted by Gasteiger charge is 2.42. The second-order valence-electron chi connectivity index (χ2n) is 9.06. The van der Waals surface area contributed by atoms with Gasteiger partial charge in [-0.25, -0.2) is 0 Å². The molecule has 2 fully saturated rings.